The fourth-order valence-corrected chi connectivity index (χ4v) is 2.17. The van der Waals surface area contributed by atoms with Crippen LogP contribution in [-0.4, -0.2) is 10.5 Å². The van der Waals surface area contributed by atoms with Crippen LogP contribution in [0.3, 0.4) is 0 Å². The number of hydrogen-bond acceptors (Lipinski definition) is 2. The van der Waals surface area contributed by atoms with Crippen molar-refractivity contribution in [2.24, 2.45) is 0 Å². The third-order valence-electron chi connectivity index (χ3n) is 3.42. The highest BCUT2D eigenvalue weighted by atomic mass is 35.5. The van der Waals surface area contributed by atoms with Crippen molar-refractivity contribution in [2.45, 2.75) is 65.2 Å². The number of unbranched alkanes of at least 4 members (excludes halogenated alkanes) is 5. The number of carbonyl (C=O) groups excluding carboxylic acids is 2. The van der Waals surface area contributed by atoms with Crippen LogP contribution in [-0.2, 0) is 9.59 Å². The summed E-state index contributed by atoms with van der Waals surface area (Å²) in [5.74, 6) is 0. The maximum absolute atomic E-state index is 10.4. The molecule has 22 heavy (non-hydrogen) atoms. The highest BCUT2D eigenvalue weighted by Gasteiger charge is 1.97. The van der Waals surface area contributed by atoms with Crippen molar-refractivity contribution >= 4 is 33.7 Å². The van der Waals surface area contributed by atoms with Crippen molar-refractivity contribution in [3.8, 4) is 0 Å². The molecule has 0 aromatic heterocycles. The minimum absolute atomic E-state index is 0.252. The second-order valence-electron chi connectivity index (χ2n) is 5.42. The van der Waals surface area contributed by atoms with Crippen LogP contribution in [0.5, 0.6) is 0 Å². The van der Waals surface area contributed by atoms with Crippen LogP contribution in [0.25, 0.3) is 0 Å². The van der Waals surface area contributed by atoms with Crippen molar-refractivity contribution in [3.63, 3.8) is 0 Å². The number of halogens is 2. The first-order valence-corrected chi connectivity index (χ1v) is 8.58. The number of carbonyl (C=O) groups is 2. The minimum atomic E-state index is -0.252. The van der Waals surface area contributed by atoms with E-state index in [4.69, 9.17) is 23.2 Å². The summed E-state index contributed by atoms with van der Waals surface area (Å²) >= 11 is 10.4. The van der Waals surface area contributed by atoms with Crippen molar-refractivity contribution in [1.29, 1.82) is 0 Å². The number of hydrogen-bond donors (Lipinski definition) is 0. The van der Waals surface area contributed by atoms with Crippen molar-refractivity contribution < 1.29 is 9.59 Å². The van der Waals surface area contributed by atoms with Crippen LogP contribution in [0.1, 0.15) is 62.5 Å². The number of benzene rings is 1. The van der Waals surface area contributed by atoms with Gasteiger partial charge in [-0.2, -0.15) is 0 Å². The maximum Gasteiger partial charge on any atom is 0.221 e. The molecule has 0 saturated carbocycles. The molecule has 0 aliphatic heterocycles. The zero-order valence-corrected chi connectivity index (χ0v) is 15.1. The van der Waals surface area contributed by atoms with Crippen molar-refractivity contribution in [3.05, 3.63) is 35.4 Å². The van der Waals surface area contributed by atoms with Gasteiger partial charge in [-0.15, -0.1) is 0 Å². The van der Waals surface area contributed by atoms with E-state index in [0.717, 1.165) is 38.5 Å². The van der Waals surface area contributed by atoms with Crippen molar-refractivity contribution in [2.75, 3.05) is 0 Å². The Morgan fingerprint density at radius 3 is 1.32 bits per heavy atom. The Morgan fingerprint density at radius 1 is 0.727 bits per heavy atom. The largest absolute Gasteiger partial charge is 0.281 e. The second-order valence-corrected chi connectivity index (χ2v) is 6.26. The zero-order chi connectivity index (χ0) is 16.8. The van der Waals surface area contributed by atoms with Crippen LogP contribution in [0.15, 0.2) is 24.3 Å². The van der Waals surface area contributed by atoms with Crippen LogP contribution < -0.4 is 0 Å². The molecule has 0 amide bonds. The molecule has 1 rings (SSSR count). The van der Waals surface area contributed by atoms with Gasteiger partial charge in [0.25, 0.3) is 0 Å². The summed E-state index contributed by atoms with van der Waals surface area (Å²) in [5.41, 5.74) is 2.74. The Morgan fingerprint density at radius 2 is 1.05 bits per heavy atom. The van der Waals surface area contributed by atoms with Gasteiger partial charge >= 0.3 is 0 Å². The van der Waals surface area contributed by atoms with Gasteiger partial charge in [-0.1, -0.05) is 49.9 Å². The molecule has 1 aromatic rings. The Hall–Kier alpha value is -0.860. The second kappa shape index (κ2) is 13.8. The molecule has 0 spiro atoms. The topological polar surface area (TPSA) is 34.1 Å². The van der Waals surface area contributed by atoms with Crippen LogP contribution >= 0.6 is 23.2 Å². The Balaban J connectivity index is 0.000000461. The first kappa shape index (κ1) is 21.1. The van der Waals surface area contributed by atoms with Crippen LogP contribution in [0, 0.1) is 13.8 Å². The lowest BCUT2D eigenvalue weighted by Crippen LogP contribution is -1.88. The summed E-state index contributed by atoms with van der Waals surface area (Å²) < 4.78 is 0. The fourth-order valence-electron chi connectivity index (χ4n) is 1.90. The van der Waals surface area contributed by atoms with E-state index in [1.165, 1.54) is 11.1 Å². The van der Waals surface area contributed by atoms with E-state index >= 15 is 0 Å². The molecule has 0 aliphatic rings. The molecule has 2 nitrogen and oxygen atoms in total. The zero-order valence-electron chi connectivity index (χ0n) is 13.5. The first-order valence-electron chi connectivity index (χ1n) is 7.82. The van der Waals surface area contributed by atoms with Gasteiger partial charge in [0.05, 0.1) is 0 Å². The molecular formula is C18H26Cl2O2. The van der Waals surface area contributed by atoms with E-state index in [-0.39, 0.29) is 10.5 Å². The van der Waals surface area contributed by atoms with E-state index in [0.29, 0.717) is 12.8 Å². The number of aryl methyl sites for hydroxylation is 2. The third-order valence-corrected chi connectivity index (χ3v) is 3.80. The molecule has 1 aromatic carbocycles. The van der Waals surface area contributed by atoms with Gasteiger partial charge in [0.1, 0.15) is 0 Å². The quantitative estimate of drug-likeness (QED) is 0.410. The van der Waals surface area contributed by atoms with Gasteiger partial charge in [0.2, 0.25) is 10.5 Å². The van der Waals surface area contributed by atoms with Crippen LogP contribution in [0.2, 0.25) is 0 Å². The monoisotopic (exact) mass is 344 g/mol. The molecule has 0 atom stereocenters. The lowest BCUT2D eigenvalue weighted by molar-refractivity contribution is -0.112. The predicted octanol–water partition coefficient (Wildman–Crippen LogP) is 5.94. The van der Waals surface area contributed by atoms with Crippen molar-refractivity contribution in [1.82, 2.24) is 0 Å². The molecule has 0 bridgehead atoms. The molecule has 124 valence electrons. The molecular weight excluding hydrogens is 319 g/mol. The summed E-state index contributed by atoms with van der Waals surface area (Å²) in [6, 6.07) is 8.36. The van der Waals surface area contributed by atoms with Gasteiger partial charge in [-0.3, -0.25) is 9.59 Å². The standard InChI is InChI=1S/C10H16Cl2O2.C8H10/c11-9(13)7-5-3-1-2-4-6-8-10(12)14;1-7-5-3-4-6-8(7)2/h1-8H2;3-6H,1-2H3. The normalized spacial score (nSPS) is 9.82. The SMILES string of the molecule is Cc1ccccc1C.O=C(Cl)CCCCCCCCC(=O)Cl. The average molecular weight is 345 g/mol. The summed E-state index contributed by atoms with van der Waals surface area (Å²) in [6.45, 7) is 4.24. The first-order chi connectivity index (χ1) is 10.4. The molecule has 0 heterocycles. The van der Waals surface area contributed by atoms with E-state index in [9.17, 15) is 9.59 Å². The number of rotatable bonds is 9. The van der Waals surface area contributed by atoms with E-state index in [1.807, 2.05) is 0 Å². The molecule has 4 heteroatoms. The summed E-state index contributed by atoms with van der Waals surface area (Å²) in [4.78, 5) is 20.7. The smallest absolute Gasteiger partial charge is 0.221 e. The summed E-state index contributed by atoms with van der Waals surface area (Å²) in [5, 5.41) is -0.504. The molecule has 0 unspecified atom stereocenters. The van der Waals surface area contributed by atoms with Gasteiger partial charge in [-0.25, -0.2) is 0 Å². The Labute approximate surface area is 144 Å². The average Bonchev–Trinajstić information content (AvgIpc) is 2.45. The fraction of sp³-hybridized carbons (Fsp3) is 0.556. The highest BCUT2D eigenvalue weighted by Crippen LogP contribution is 2.10. The molecule has 0 saturated heterocycles. The summed E-state index contributed by atoms with van der Waals surface area (Å²) in [6.07, 6.45) is 6.96. The Bertz CT molecular complexity index is 403. The highest BCUT2D eigenvalue weighted by molar-refractivity contribution is 6.63. The van der Waals surface area contributed by atoms with Gasteiger partial charge in [0, 0.05) is 12.8 Å². The molecule has 0 radical (unpaired) electrons. The maximum atomic E-state index is 10.4. The minimum Gasteiger partial charge on any atom is -0.281 e. The lowest BCUT2D eigenvalue weighted by Gasteiger charge is -1.98. The van der Waals surface area contributed by atoms with E-state index in [2.05, 4.69) is 38.1 Å². The third kappa shape index (κ3) is 14.1. The van der Waals surface area contributed by atoms with Crippen LogP contribution in [0.4, 0.5) is 0 Å². The Kier molecular flexibility index (Phi) is 13.2. The van der Waals surface area contributed by atoms with Gasteiger partial charge < -0.3 is 0 Å². The summed E-state index contributed by atoms with van der Waals surface area (Å²) in [7, 11) is 0. The van der Waals surface area contributed by atoms with E-state index < -0.39 is 0 Å². The molecule has 0 fully saturated rings. The van der Waals surface area contributed by atoms with Gasteiger partial charge in [-0.05, 0) is 61.0 Å². The molecule has 0 N–H and O–H groups in total. The lowest BCUT2D eigenvalue weighted by atomic mass is 10.1. The van der Waals surface area contributed by atoms with Gasteiger partial charge in [0.15, 0.2) is 0 Å². The predicted molar refractivity (Wildman–Crippen MR) is 94.6 cm³/mol. The molecule has 0 aliphatic carbocycles. The van der Waals surface area contributed by atoms with E-state index in [1.54, 1.807) is 0 Å².